The fourth-order valence-electron chi connectivity index (χ4n) is 2.70. The maximum atomic E-state index is 10.9. The molecule has 9 heteroatoms. The number of imidazole rings is 1. The number of ether oxygens (including phenoxy) is 1. The maximum absolute atomic E-state index is 10.9. The van der Waals surface area contributed by atoms with Gasteiger partial charge in [-0.05, 0) is 42.5 Å². The van der Waals surface area contributed by atoms with Gasteiger partial charge in [-0.25, -0.2) is 4.98 Å². The Morgan fingerprint density at radius 2 is 1.36 bits per heavy atom. The van der Waals surface area contributed by atoms with Crippen LogP contribution in [0.1, 0.15) is 0 Å². The van der Waals surface area contributed by atoms with Gasteiger partial charge in [0.2, 0.25) is 0 Å². The van der Waals surface area contributed by atoms with E-state index in [-0.39, 0.29) is 11.4 Å². The molecule has 3 aromatic carbocycles. The summed E-state index contributed by atoms with van der Waals surface area (Å²) in [6.07, 6.45) is 0. The van der Waals surface area contributed by atoms with E-state index in [2.05, 4.69) is 9.97 Å². The zero-order valence-corrected chi connectivity index (χ0v) is 14.2. The first kappa shape index (κ1) is 17.2. The Morgan fingerprint density at radius 1 is 0.786 bits per heavy atom. The van der Waals surface area contributed by atoms with Gasteiger partial charge in [0.05, 0.1) is 20.9 Å². The molecule has 0 atom stereocenters. The van der Waals surface area contributed by atoms with Crippen molar-refractivity contribution in [1.82, 2.24) is 9.97 Å². The number of rotatable bonds is 5. The van der Waals surface area contributed by atoms with Crippen LogP contribution in [0, 0.1) is 20.2 Å². The number of hydrogen-bond acceptors (Lipinski definition) is 6. The lowest BCUT2D eigenvalue weighted by Gasteiger charge is -2.06. The van der Waals surface area contributed by atoms with Crippen LogP contribution >= 0.6 is 0 Å². The minimum Gasteiger partial charge on any atom is -0.457 e. The van der Waals surface area contributed by atoms with Crippen LogP contribution in [0.4, 0.5) is 11.4 Å². The van der Waals surface area contributed by atoms with E-state index in [9.17, 15) is 20.2 Å². The Morgan fingerprint density at radius 3 is 1.96 bits per heavy atom. The monoisotopic (exact) mass is 376 g/mol. The van der Waals surface area contributed by atoms with Gasteiger partial charge < -0.3 is 9.72 Å². The Bertz CT molecular complexity index is 1180. The molecule has 138 valence electrons. The molecule has 0 bridgehead atoms. The van der Waals surface area contributed by atoms with Crippen LogP contribution in [0.15, 0.2) is 66.7 Å². The highest BCUT2D eigenvalue weighted by Crippen LogP contribution is 2.28. The van der Waals surface area contributed by atoms with Crippen molar-refractivity contribution in [3.8, 4) is 22.9 Å². The quantitative estimate of drug-likeness (QED) is 0.392. The molecule has 0 spiro atoms. The van der Waals surface area contributed by atoms with Gasteiger partial charge in [0.25, 0.3) is 11.4 Å². The smallest absolute Gasteiger partial charge is 0.271 e. The second-order valence-electron chi connectivity index (χ2n) is 5.92. The Labute approximate surface area is 157 Å². The number of nitrogens with one attached hydrogen (secondary N) is 1. The van der Waals surface area contributed by atoms with Crippen LogP contribution in [-0.4, -0.2) is 19.8 Å². The Hall–Kier alpha value is -4.27. The first-order valence-corrected chi connectivity index (χ1v) is 8.16. The minimum atomic E-state index is -0.472. The van der Waals surface area contributed by atoms with Crippen LogP contribution in [0.2, 0.25) is 0 Å². The van der Waals surface area contributed by atoms with Crippen LogP contribution in [0.25, 0.3) is 22.4 Å². The lowest BCUT2D eigenvalue weighted by molar-refractivity contribution is -0.385. The Balaban J connectivity index is 1.55. The molecule has 0 fully saturated rings. The molecule has 0 unspecified atom stereocenters. The summed E-state index contributed by atoms with van der Waals surface area (Å²) in [4.78, 5) is 28.2. The molecule has 28 heavy (non-hydrogen) atoms. The van der Waals surface area contributed by atoms with E-state index >= 15 is 0 Å². The molecule has 4 rings (SSSR count). The number of non-ortho nitro benzene ring substituents is 2. The predicted molar refractivity (Wildman–Crippen MR) is 101 cm³/mol. The van der Waals surface area contributed by atoms with Gasteiger partial charge in [-0.15, -0.1) is 0 Å². The molecule has 0 radical (unpaired) electrons. The number of H-pyrrole nitrogens is 1. The van der Waals surface area contributed by atoms with Crippen molar-refractivity contribution in [3.05, 3.63) is 87.0 Å². The fraction of sp³-hybridized carbons (Fsp3) is 0. The number of benzene rings is 3. The SMILES string of the molecule is O=[N+]([O-])c1ccc(Oc2ccc(-c3nc4ccc([N+](=O)[O-])cc4[nH]3)cc2)cc1. The van der Waals surface area contributed by atoms with Crippen molar-refractivity contribution in [3.63, 3.8) is 0 Å². The molecular formula is C19H12N4O5. The largest absolute Gasteiger partial charge is 0.457 e. The molecule has 0 aliphatic carbocycles. The van der Waals surface area contributed by atoms with Crippen LogP contribution in [0.3, 0.4) is 0 Å². The first-order valence-electron chi connectivity index (χ1n) is 8.16. The lowest BCUT2D eigenvalue weighted by Crippen LogP contribution is -1.88. The second-order valence-corrected chi connectivity index (χ2v) is 5.92. The van der Waals surface area contributed by atoms with Crippen molar-refractivity contribution in [2.24, 2.45) is 0 Å². The number of nitro groups is 2. The number of fused-ring (bicyclic) bond motifs is 1. The zero-order chi connectivity index (χ0) is 19.7. The summed E-state index contributed by atoms with van der Waals surface area (Å²) in [7, 11) is 0. The molecule has 0 aliphatic rings. The molecule has 0 saturated carbocycles. The standard InChI is InChI=1S/C19H12N4O5/c24-22(25)13-3-8-16(9-4-13)28-15-6-1-12(2-7-15)19-20-17-10-5-14(23(26)27)11-18(17)21-19/h1-11H,(H,20,21). The third-order valence-electron chi connectivity index (χ3n) is 4.09. The predicted octanol–water partition coefficient (Wildman–Crippen LogP) is 4.84. The van der Waals surface area contributed by atoms with E-state index in [1.165, 1.54) is 36.4 Å². The van der Waals surface area contributed by atoms with Crippen molar-refractivity contribution < 1.29 is 14.6 Å². The normalized spacial score (nSPS) is 10.7. The van der Waals surface area contributed by atoms with Gasteiger partial charge in [0, 0.05) is 29.8 Å². The van der Waals surface area contributed by atoms with Gasteiger partial charge in [0.1, 0.15) is 17.3 Å². The highest BCUT2D eigenvalue weighted by Gasteiger charge is 2.11. The fourth-order valence-corrected chi connectivity index (χ4v) is 2.70. The lowest BCUT2D eigenvalue weighted by atomic mass is 10.2. The van der Waals surface area contributed by atoms with Crippen molar-refractivity contribution in [1.29, 1.82) is 0 Å². The van der Waals surface area contributed by atoms with Crippen molar-refractivity contribution >= 4 is 22.4 Å². The zero-order valence-electron chi connectivity index (χ0n) is 14.2. The maximum Gasteiger partial charge on any atom is 0.271 e. The molecular weight excluding hydrogens is 364 g/mol. The number of aromatic nitrogens is 2. The topological polar surface area (TPSA) is 124 Å². The number of hydrogen-bond donors (Lipinski definition) is 1. The molecule has 1 heterocycles. The Kier molecular flexibility index (Phi) is 4.17. The summed E-state index contributed by atoms with van der Waals surface area (Å²) in [6.45, 7) is 0. The summed E-state index contributed by atoms with van der Waals surface area (Å²) in [6, 6.07) is 17.3. The summed E-state index contributed by atoms with van der Waals surface area (Å²) < 4.78 is 5.68. The molecule has 0 aliphatic heterocycles. The van der Waals surface area contributed by atoms with Crippen molar-refractivity contribution in [2.45, 2.75) is 0 Å². The molecule has 1 aromatic heterocycles. The second kappa shape index (κ2) is 6.80. The molecule has 0 saturated heterocycles. The van der Waals surface area contributed by atoms with Gasteiger partial charge in [-0.2, -0.15) is 0 Å². The summed E-state index contributed by atoms with van der Waals surface area (Å²) in [5.74, 6) is 1.62. The van der Waals surface area contributed by atoms with E-state index in [0.29, 0.717) is 28.4 Å². The van der Waals surface area contributed by atoms with Gasteiger partial charge in [0.15, 0.2) is 0 Å². The third kappa shape index (κ3) is 3.36. The average molecular weight is 376 g/mol. The van der Waals surface area contributed by atoms with Crippen LogP contribution < -0.4 is 4.74 Å². The van der Waals surface area contributed by atoms with Gasteiger partial charge in [-0.3, -0.25) is 20.2 Å². The highest BCUT2D eigenvalue weighted by molar-refractivity contribution is 5.81. The van der Waals surface area contributed by atoms with Gasteiger partial charge in [-0.1, -0.05) is 0 Å². The van der Waals surface area contributed by atoms with E-state index in [1.54, 1.807) is 30.3 Å². The average Bonchev–Trinajstić information content (AvgIpc) is 3.12. The first-order chi connectivity index (χ1) is 13.5. The van der Waals surface area contributed by atoms with Gasteiger partial charge >= 0.3 is 0 Å². The van der Waals surface area contributed by atoms with Crippen LogP contribution in [0.5, 0.6) is 11.5 Å². The van der Waals surface area contributed by atoms with E-state index < -0.39 is 9.85 Å². The van der Waals surface area contributed by atoms with Crippen LogP contribution in [-0.2, 0) is 0 Å². The third-order valence-corrected chi connectivity index (χ3v) is 4.09. The molecule has 4 aromatic rings. The molecule has 0 amide bonds. The molecule has 9 nitrogen and oxygen atoms in total. The van der Waals surface area contributed by atoms with E-state index in [1.807, 2.05) is 0 Å². The molecule has 1 N–H and O–H groups in total. The summed E-state index contributed by atoms with van der Waals surface area (Å²) >= 11 is 0. The minimum absolute atomic E-state index is 0.00505. The van der Waals surface area contributed by atoms with E-state index in [0.717, 1.165) is 5.56 Å². The number of nitrogens with zero attached hydrogens (tertiary/aromatic N) is 3. The highest BCUT2D eigenvalue weighted by atomic mass is 16.6. The summed E-state index contributed by atoms with van der Waals surface area (Å²) in [5.41, 5.74) is 1.99. The van der Waals surface area contributed by atoms with E-state index in [4.69, 9.17) is 4.74 Å². The van der Waals surface area contributed by atoms with Crippen molar-refractivity contribution in [2.75, 3.05) is 0 Å². The number of aromatic amines is 1. The number of nitro benzene ring substituents is 2. The summed E-state index contributed by atoms with van der Waals surface area (Å²) in [5, 5.41) is 21.6.